The Bertz CT molecular complexity index is 747. The number of aryl methyl sites for hydroxylation is 1. The van der Waals surface area contributed by atoms with E-state index in [1.165, 1.54) is 17.7 Å². The number of aliphatic imine (C=N–C) groups is 1. The van der Waals surface area contributed by atoms with E-state index in [-0.39, 0.29) is 42.0 Å². The highest BCUT2D eigenvalue weighted by Gasteiger charge is 2.28. The van der Waals surface area contributed by atoms with E-state index in [2.05, 4.69) is 36.3 Å². The predicted octanol–water partition coefficient (Wildman–Crippen LogP) is 3.71. The summed E-state index contributed by atoms with van der Waals surface area (Å²) in [6.07, 6.45) is 4.08. The van der Waals surface area contributed by atoms with E-state index in [0.29, 0.717) is 13.1 Å². The van der Waals surface area contributed by atoms with Crippen molar-refractivity contribution in [2.24, 2.45) is 12.0 Å². The van der Waals surface area contributed by atoms with Crippen molar-refractivity contribution in [1.29, 1.82) is 0 Å². The van der Waals surface area contributed by atoms with Crippen molar-refractivity contribution in [2.45, 2.75) is 32.6 Å². The van der Waals surface area contributed by atoms with Gasteiger partial charge in [0.2, 0.25) is 0 Å². The summed E-state index contributed by atoms with van der Waals surface area (Å²) in [7, 11) is 2.01. The van der Waals surface area contributed by atoms with Crippen LogP contribution in [0.2, 0.25) is 0 Å². The Balaban J connectivity index is 0.00000261. The molecule has 0 aliphatic carbocycles. The maximum absolute atomic E-state index is 13.2. The molecule has 1 saturated heterocycles. The Morgan fingerprint density at radius 1 is 1.26 bits per heavy atom. The Morgan fingerprint density at radius 2 is 2.00 bits per heavy atom. The van der Waals surface area contributed by atoms with Gasteiger partial charge in [-0.25, -0.2) is 9.38 Å². The minimum absolute atomic E-state index is 0. The molecular weight excluding hydrogens is 458 g/mol. The lowest BCUT2D eigenvalue weighted by molar-refractivity contribution is -0.0605. The van der Waals surface area contributed by atoms with Crippen LogP contribution in [0.1, 0.15) is 31.1 Å². The Kier molecular flexibility index (Phi) is 8.09. The first kappa shape index (κ1) is 21.7. The third-order valence-corrected chi connectivity index (χ3v) is 4.44. The van der Waals surface area contributed by atoms with Crippen LogP contribution in [0.25, 0.3) is 0 Å². The van der Waals surface area contributed by atoms with Gasteiger partial charge in [-0.2, -0.15) is 0 Å². The van der Waals surface area contributed by atoms with Crippen molar-refractivity contribution in [3.8, 4) is 0 Å². The number of nitrogens with zero attached hydrogens (tertiary/aromatic N) is 3. The first-order chi connectivity index (χ1) is 12.5. The number of halogens is 2. The Morgan fingerprint density at radius 3 is 2.63 bits per heavy atom. The first-order valence-corrected chi connectivity index (χ1v) is 9.10. The molecule has 1 aromatic carbocycles. The molecule has 2 aromatic rings. The number of guanidine groups is 1. The summed E-state index contributed by atoms with van der Waals surface area (Å²) in [5, 5.41) is 3.38. The third kappa shape index (κ3) is 5.93. The fraction of sp³-hybridized carbons (Fsp3) is 0.450. The smallest absolute Gasteiger partial charge is 0.194 e. The summed E-state index contributed by atoms with van der Waals surface area (Å²) in [4.78, 5) is 7.03. The number of rotatable bonds is 4. The van der Waals surface area contributed by atoms with Crippen molar-refractivity contribution in [3.63, 3.8) is 0 Å². The van der Waals surface area contributed by atoms with Gasteiger partial charge < -0.3 is 19.5 Å². The van der Waals surface area contributed by atoms with E-state index in [1.54, 1.807) is 12.1 Å². The standard InChI is InChI=1S/C20H27FN4O.HI/c1-4-22-20(23-11-16-9-10-24(3)13-16)25-12-15(2)26-19(14-25)17-5-7-18(21)8-6-17;/h5-10,13,15,19H,4,11-12,14H2,1-3H3,(H,22,23);1H. The highest BCUT2D eigenvalue weighted by molar-refractivity contribution is 14.0. The van der Waals surface area contributed by atoms with E-state index in [0.717, 1.165) is 24.6 Å². The summed E-state index contributed by atoms with van der Waals surface area (Å²) in [5.74, 6) is 0.658. The van der Waals surface area contributed by atoms with Crippen LogP contribution in [0.4, 0.5) is 4.39 Å². The highest BCUT2D eigenvalue weighted by atomic mass is 127. The Hall–Kier alpha value is -1.61. The van der Waals surface area contributed by atoms with Crippen LogP contribution in [0.5, 0.6) is 0 Å². The number of ether oxygens (including phenoxy) is 1. The molecule has 3 rings (SSSR count). The summed E-state index contributed by atoms with van der Waals surface area (Å²) in [5.41, 5.74) is 2.17. The molecule has 1 aromatic heterocycles. The molecule has 0 spiro atoms. The zero-order chi connectivity index (χ0) is 18.5. The monoisotopic (exact) mass is 486 g/mol. The summed E-state index contributed by atoms with van der Waals surface area (Å²) in [6, 6.07) is 8.64. The fourth-order valence-corrected chi connectivity index (χ4v) is 3.23. The zero-order valence-corrected chi connectivity index (χ0v) is 18.4. The molecule has 2 unspecified atom stereocenters. The summed E-state index contributed by atoms with van der Waals surface area (Å²) in [6.45, 7) is 7.04. The maximum Gasteiger partial charge on any atom is 0.194 e. The van der Waals surface area contributed by atoms with Crippen molar-refractivity contribution in [3.05, 3.63) is 59.7 Å². The van der Waals surface area contributed by atoms with E-state index in [4.69, 9.17) is 9.73 Å². The largest absolute Gasteiger partial charge is 0.367 e. The lowest BCUT2D eigenvalue weighted by Crippen LogP contribution is -2.50. The SMILES string of the molecule is CCNC(=NCc1ccn(C)c1)N1CC(C)OC(c2ccc(F)cc2)C1.I. The molecule has 1 N–H and O–H groups in total. The van der Waals surface area contributed by atoms with Gasteiger partial charge in [-0.3, -0.25) is 0 Å². The average molecular weight is 486 g/mol. The normalized spacial score (nSPS) is 20.3. The molecule has 7 heteroatoms. The molecule has 5 nitrogen and oxygen atoms in total. The van der Waals surface area contributed by atoms with Crippen LogP contribution in [0, 0.1) is 5.82 Å². The number of aromatic nitrogens is 1. The molecule has 2 atom stereocenters. The van der Waals surface area contributed by atoms with Gasteiger partial charge in [0.15, 0.2) is 5.96 Å². The maximum atomic E-state index is 13.2. The molecule has 2 heterocycles. The van der Waals surface area contributed by atoms with Gasteiger partial charge >= 0.3 is 0 Å². The van der Waals surface area contributed by atoms with Crippen LogP contribution < -0.4 is 5.32 Å². The van der Waals surface area contributed by atoms with Crippen molar-refractivity contribution in [2.75, 3.05) is 19.6 Å². The molecule has 0 saturated carbocycles. The highest BCUT2D eigenvalue weighted by Crippen LogP contribution is 2.25. The average Bonchev–Trinajstić information content (AvgIpc) is 3.04. The van der Waals surface area contributed by atoms with Crippen LogP contribution in [0.3, 0.4) is 0 Å². The van der Waals surface area contributed by atoms with Crippen LogP contribution in [0.15, 0.2) is 47.7 Å². The van der Waals surface area contributed by atoms with Gasteiger partial charge in [-0.05, 0) is 43.2 Å². The van der Waals surface area contributed by atoms with Crippen molar-refractivity contribution >= 4 is 29.9 Å². The van der Waals surface area contributed by atoms with Crippen molar-refractivity contribution in [1.82, 2.24) is 14.8 Å². The summed E-state index contributed by atoms with van der Waals surface area (Å²) < 4.78 is 21.3. The first-order valence-electron chi connectivity index (χ1n) is 9.10. The van der Waals surface area contributed by atoms with Gasteiger partial charge in [0, 0.05) is 32.5 Å². The van der Waals surface area contributed by atoms with Crippen LogP contribution >= 0.6 is 24.0 Å². The lowest BCUT2D eigenvalue weighted by Gasteiger charge is -2.38. The molecule has 148 valence electrons. The summed E-state index contributed by atoms with van der Waals surface area (Å²) >= 11 is 0. The second-order valence-corrected chi connectivity index (χ2v) is 6.75. The third-order valence-electron chi connectivity index (χ3n) is 4.44. The number of morpholine rings is 1. The van der Waals surface area contributed by atoms with Crippen LogP contribution in [-0.4, -0.2) is 41.2 Å². The molecule has 27 heavy (non-hydrogen) atoms. The second-order valence-electron chi connectivity index (χ2n) is 6.75. The molecule has 0 bridgehead atoms. The van der Waals surface area contributed by atoms with Crippen molar-refractivity contribution < 1.29 is 9.13 Å². The fourth-order valence-electron chi connectivity index (χ4n) is 3.23. The van der Waals surface area contributed by atoms with Gasteiger partial charge in [0.05, 0.1) is 19.2 Å². The van der Waals surface area contributed by atoms with E-state index >= 15 is 0 Å². The zero-order valence-electron chi connectivity index (χ0n) is 16.1. The van der Waals surface area contributed by atoms with Gasteiger partial charge in [0.1, 0.15) is 11.9 Å². The van der Waals surface area contributed by atoms with E-state index in [9.17, 15) is 4.39 Å². The molecule has 1 aliphatic heterocycles. The lowest BCUT2D eigenvalue weighted by atomic mass is 10.1. The number of hydrogen-bond donors (Lipinski definition) is 1. The predicted molar refractivity (Wildman–Crippen MR) is 117 cm³/mol. The minimum Gasteiger partial charge on any atom is -0.367 e. The topological polar surface area (TPSA) is 41.8 Å². The molecule has 0 radical (unpaired) electrons. The number of benzene rings is 1. The molecular formula is C20H28FIN4O. The van der Waals surface area contributed by atoms with Gasteiger partial charge in [-0.15, -0.1) is 24.0 Å². The number of nitrogens with one attached hydrogen (secondary N) is 1. The molecule has 0 amide bonds. The minimum atomic E-state index is -0.229. The quantitative estimate of drug-likeness (QED) is 0.407. The Labute approximate surface area is 177 Å². The van der Waals surface area contributed by atoms with E-state index in [1.807, 2.05) is 17.8 Å². The second kappa shape index (κ2) is 10.1. The van der Waals surface area contributed by atoms with E-state index < -0.39 is 0 Å². The number of hydrogen-bond acceptors (Lipinski definition) is 2. The van der Waals surface area contributed by atoms with Gasteiger partial charge in [0.25, 0.3) is 0 Å². The molecule has 1 fully saturated rings. The van der Waals surface area contributed by atoms with Crippen LogP contribution in [-0.2, 0) is 18.3 Å². The van der Waals surface area contributed by atoms with Gasteiger partial charge in [-0.1, -0.05) is 12.1 Å². The molecule has 1 aliphatic rings.